The van der Waals surface area contributed by atoms with Crippen LogP contribution in [0.3, 0.4) is 0 Å². The summed E-state index contributed by atoms with van der Waals surface area (Å²) >= 11 is 6.36. The van der Waals surface area contributed by atoms with E-state index in [0.29, 0.717) is 17.1 Å². The number of fused-ring (bicyclic) bond motifs is 2. The standard InChI is InChI=1S/C26H29ClN4O2S/c1-19(32)30-23-12-14-24(15-13-23)34(33,28-2)29-16-5-17-31-25-7-4-3-6-20(25)8-9-21-10-11-22(27)18-26(21)31/h3-4,6-7,10-15,18H,5,8-9,16-17H2,1-2H3,(H,30,32)(H,28,29,33). The van der Waals surface area contributed by atoms with Crippen molar-refractivity contribution in [2.24, 2.45) is 4.36 Å². The van der Waals surface area contributed by atoms with Gasteiger partial charge in [0.15, 0.2) is 0 Å². The normalized spacial score (nSPS) is 14.4. The fourth-order valence-corrected chi connectivity index (χ4v) is 5.85. The van der Waals surface area contributed by atoms with E-state index in [1.165, 1.54) is 23.7 Å². The molecule has 1 aliphatic rings. The maximum absolute atomic E-state index is 13.4. The van der Waals surface area contributed by atoms with Gasteiger partial charge in [-0.2, -0.15) is 0 Å². The summed E-state index contributed by atoms with van der Waals surface area (Å²) in [6.45, 7) is 2.73. The molecule has 0 aliphatic carbocycles. The van der Waals surface area contributed by atoms with E-state index >= 15 is 0 Å². The zero-order valence-corrected chi connectivity index (χ0v) is 21.0. The Morgan fingerprint density at radius 2 is 1.74 bits per heavy atom. The van der Waals surface area contributed by atoms with Crippen molar-refractivity contribution in [3.05, 3.63) is 82.9 Å². The van der Waals surface area contributed by atoms with Gasteiger partial charge in [-0.05, 0) is 72.9 Å². The highest BCUT2D eigenvalue weighted by Gasteiger charge is 2.21. The van der Waals surface area contributed by atoms with Crippen molar-refractivity contribution in [2.75, 3.05) is 30.4 Å². The summed E-state index contributed by atoms with van der Waals surface area (Å²) in [7, 11) is -1.21. The first-order valence-corrected chi connectivity index (χ1v) is 13.2. The van der Waals surface area contributed by atoms with E-state index < -0.39 is 9.92 Å². The number of rotatable bonds is 7. The Bertz CT molecular complexity index is 1300. The zero-order valence-electron chi connectivity index (χ0n) is 19.4. The topological polar surface area (TPSA) is 73.8 Å². The molecule has 2 N–H and O–H groups in total. The predicted molar refractivity (Wildman–Crippen MR) is 140 cm³/mol. The number of para-hydroxylation sites is 1. The number of benzene rings is 3. The second kappa shape index (κ2) is 10.6. The number of amides is 1. The molecule has 0 fully saturated rings. The maximum atomic E-state index is 13.4. The molecule has 0 radical (unpaired) electrons. The lowest BCUT2D eigenvalue weighted by Gasteiger charge is -2.27. The van der Waals surface area contributed by atoms with E-state index in [4.69, 9.17) is 11.6 Å². The third-order valence-electron chi connectivity index (χ3n) is 5.89. The second-order valence-electron chi connectivity index (χ2n) is 8.22. The lowest BCUT2D eigenvalue weighted by atomic mass is 10.0. The van der Waals surface area contributed by atoms with E-state index in [1.807, 2.05) is 12.1 Å². The third-order valence-corrected chi connectivity index (χ3v) is 8.15. The van der Waals surface area contributed by atoms with Gasteiger partial charge in [0.2, 0.25) is 5.91 Å². The quantitative estimate of drug-likeness (QED) is 0.419. The molecule has 1 aliphatic heterocycles. The van der Waals surface area contributed by atoms with Crippen LogP contribution in [0, 0.1) is 0 Å². The average molecular weight is 497 g/mol. The average Bonchev–Trinajstić information content (AvgIpc) is 2.98. The smallest absolute Gasteiger partial charge is 0.221 e. The molecule has 0 saturated heterocycles. The van der Waals surface area contributed by atoms with Crippen LogP contribution in [0.25, 0.3) is 0 Å². The Morgan fingerprint density at radius 3 is 2.44 bits per heavy atom. The number of carbonyl (C=O) groups excluding carboxylic acids is 1. The summed E-state index contributed by atoms with van der Waals surface area (Å²) in [4.78, 5) is 14.1. The van der Waals surface area contributed by atoms with Gasteiger partial charge in [0, 0.05) is 49.1 Å². The highest BCUT2D eigenvalue weighted by molar-refractivity contribution is 7.91. The van der Waals surface area contributed by atoms with E-state index in [-0.39, 0.29) is 5.91 Å². The van der Waals surface area contributed by atoms with Gasteiger partial charge in [0.1, 0.15) is 9.92 Å². The first-order chi connectivity index (χ1) is 16.4. The van der Waals surface area contributed by atoms with Crippen LogP contribution in [0.1, 0.15) is 24.5 Å². The molecular formula is C26H29ClN4O2S. The van der Waals surface area contributed by atoms with Gasteiger partial charge in [0.25, 0.3) is 0 Å². The van der Waals surface area contributed by atoms with E-state index in [0.717, 1.165) is 36.5 Å². The van der Waals surface area contributed by atoms with Gasteiger partial charge in [0.05, 0.1) is 4.90 Å². The first kappa shape index (κ1) is 24.3. The molecule has 0 bridgehead atoms. The number of hydrogen-bond donors (Lipinski definition) is 2. The molecule has 0 aromatic heterocycles. The molecule has 34 heavy (non-hydrogen) atoms. The van der Waals surface area contributed by atoms with Crippen molar-refractivity contribution in [1.82, 2.24) is 4.72 Å². The van der Waals surface area contributed by atoms with Crippen LogP contribution < -0.4 is 14.9 Å². The SMILES string of the molecule is CN=S(=O)(NCCCN1c2ccccc2CCc2ccc(Cl)cc21)c1ccc(NC(C)=O)cc1. The molecule has 1 heterocycles. The van der Waals surface area contributed by atoms with Crippen LogP contribution >= 0.6 is 11.6 Å². The lowest BCUT2D eigenvalue weighted by Crippen LogP contribution is -2.28. The summed E-state index contributed by atoms with van der Waals surface area (Å²) in [6, 6.07) is 21.5. The van der Waals surface area contributed by atoms with E-state index in [9.17, 15) is 9.00 Å². The minimum Gasteiger partial charge on any atom is -0.341 e. The summed E-state index contributed by atoms with van der Waals surface area (Å²) in [5.41, 5.74) is 5.57. The minimum atomic E-state index is -2.77. The molecule has 1 amide bonds. The second-order valence-corrected chi connectivity index (χ2v) is 10.8. The number of nitrogens with one attached hydrogen (secondary N) is 2. The number of halogens is 1. The van der Waals surface area contributed by atoms with Gasteiger partial charge in [-0.3, -0.25) is 4.79 Å². The largest absolute Gasteiger partial charge is 0.341 e. The van der Waals surface area contributed by atoms with Crippen molar-refractivity contribution in [3.63, 3.8) is 0 Å². The van der Waals surface area contributed by atoms with Gasteiger partial charge < -0.3 is 10.2 Å². The number of anilines is 3. The Morgan fingerprint density at radius 1 is 1.03 bits per heavy atom. The van der Waals surface area contributed by atoms with Crippen LogP contribution in [-0.4, -0.2) is 30.3 Å². The van der Waals surface area contributed by atoms with Crippen molar-refractivity contribution < 1.29 is 9.00 Å². The zero-order chi connectivity index (χ0) is 24.1. The van der Waals surface area contributed by atoms with Crippen LogP contribution in [0.4, 0.5) is 17.1 Å². The molecule has 4 rings (SSSR count). The van der Waals surface area contributed by atoms with Gasteiger partial charge >= 0.3 is 0 Å². The molecule has 8 heteroatoms. The van der Waals surface area contributed by atoms with Crippen LogP contribution in [0.2, 0.25) is 5.02 Å². The van der Waals surface area contributed by atoms with Gasteiger partial charge in [-0.15, -0.1) is 0 Å². The van der Waals surface area contributed by atoms with Crippen LogP contribution in [0.15, 0.2) is 76.0 Å². The number of hydrogen-bond acceptors (Lipinski definition) is 4. The maximum Gasteiger partial charge on any atom is 0.221 e. The molecular weight excluding hydrogens is 468 g/mol. The molecule has 1 unspecified atom stereocenters. The van der Waals surface area contributed by atoms with Crippen molar-refractivity contribution in [1.29, 1.82) is 0 Å². The summed E-state index contributed by atoms with van der Waals surface area (Å²) in [5, 5.41) is 3.44. The van der Waals surface area contributed by atoms with Crippen LogP contribution in [0.5, 0.6) is 0 Å². The number of nitrogens with zero attached hydrogens (tertiary/aromatic N) is 2. The number of aryl methyl sites for hydroxylation is 2. The van der Waals surface area contributed by atoms with Gasteiger partial charge in [-0.25, -0.2) is 13.3 Å². The van der Waals surface area contributed by atoms with Crippen molar-refractivity contribution >= 4 is 44.5 Å². The van der Waals surface area contributed by atoms with E-state index in [2.05, 4.69) is 49.6 Å². The highest BCUT2D eigenvalue weighted by Crippen LogP contribution is 2.37. The van der Waals surface area contributed by atoms with E-state index in [1.54, 1.807) is 31.3 Å². The highest BCUT2D eigenvalue weighted by atomic mass is 35.5. The summed E-state index contributed by atoms with van der Waals surface area (Å²) < 4.78 is 20.8. The molecule has 6 nitrogen and oxygen atoms in total. The first-order valence-electron chi connectivity index (χ1n) is 11.3. The fraction of sp³-hybridized carbons (Fsp3) is 0.269. The lowest BCUT2D eigenvalue weighted by molar-refractivity contribution is -0.114. The van der Waals surface area contributed by atoms with Crippen molar-refractivity contribution in [2.45, 2.75) is 31.1 Å². The monoisotopic (exact) mass is 496 g/mol. The Hall–Kier alpha value is -2.87. The minimum absolute atomic E-state index is 0.148. The Labute approximate surface area is 206 Å². The predicted octanol–water partition coefficient (Wildman–Crippen LogP) is 5.59. The molecule has 3 aromatic rings. The van der Waals surface area contributed by atoms with Crippen molar-refractivity contribution in [3.8, 4) is 0 Å². The molecule has 1 atom stereocenters. The Kier molecular flexibility index (Phi) is 7.56. The van der Waals surface area contributed by atoms with Crippen LogP contribution in [-0.2, 0) is 27.6 Å². The third kappa shape index (κ3) is 5.43. The summed E-state index contributed by atoms with van der Waals surface area (Å²) in [6.07, 6.45) is 2.71. The Balaban J connectivity index is 1.48. The summed E-state index contributed by atoms with van der Waals surface area (Å²) in [5.74, 6) is -0.148. The molecule has 0 spiro atoms. The molecule has 178 valence electrons. The van der Waals surface area contributed by atoms with Gasteiger partial charge in [-0.1, -0.05) is 35.9 Å². The molecule has 3 aromatic carbocycles. The number of carbonyl (C=O) groups is 1. The molecule has 0 saturated carbocycles. The fourth-order valence-electron chi connectivity index (χ4n) is 4.25.